The maximum atomic E-state index is 11.7. The van der Waals surface area contributed by atoms with Crippen LogP contribution in [0, 0.1) is 20.8 Å². The van der Waals surface area contributed by atoms with Crippen LogP contribution in [0.2, 0.25) is 0 Å². The van der Waals surface area contributed by atoms with Crippen LogP contribution in [0.1, 0.15) is 23.1 Å². The largest absolute Gasteiger partial charge is 0.493 e. The highest BCUT2D eigenvalue weighted by Gasteiger charge is 2.06. The van der Waals surface area contributed by atoms with E-state index in [0.717, 1.165) is 17.7 Å². The predicted octanol–water partition coefficient (Wildman–Crippen LogP) is 2.82. The van der Waals surface area contributed by atoms with Gasteiger partial charge in [0.25, 0.3) is 5.56 Å². The van der Waals surface area contributed by atoms with Crippen molar-refractivity contribution in [3.05, 3.63) is 57.5 Å². The second kappa shape index (κ2) is 6.48. The third kappa shape index (κ3) is 3.66. The van der Waals surface area contributed by atoms with Gasteiger partial charge < -0.3 is 15.0 Å². The molecule has 0 aliphatic carbocycles. The molecule has 0 bridgehead atoms. The lowest BCUT2D eigenvalue weighted by Gasteiger charge is -2.14. The van der Waals surface area contributed by atoms with Crippen LogP contribution >= 0.6 is 0 Å². The van der Waals surface area contributed by atoms with Gasteiger partial charge in [0.15, 0.2) is 0 Å². The van der Waals surface area contributed by atoms with Crippen molar-refractivity contribution in [1.29, 1.82) is 0 Å². The molecular weight excluding hydrogens is 264 g/mol. The van der Waals surface area contributed by atoms with E-state index in [4.69, 9.17) is 10.5 Å². The summed E-state index contributed by atoms with van der Waals surface area (Å²) in [6.07, 6.45) is 2.43. The fourth-order valence-corrected chi connectivity index (χ4v) is 2.28. The maximum absolute atomic E-state index is 11.7. The van der Waals surface area contributed by atoms with E-state index in [1.807, 2.05) is 6.92 Å². The van der Waals surface area contributed by atoms with Crippen molar-refractivity contribution < 1.29 is 4.74 Å². The fourth-order valence-electron chi connectivity index (χ4n) is 2.28. The average molecular weight is 286 g/mol. The van der Waals surface area contributed by atoms with Crippen molar-refractivity contribution in [1.82, 2.24) is 4.57 Å². The zero-order valence-corrected chi connectivity index (χ0v) is 12.8. The molecule has 4 heteroatoms. The van der Waals surface area contributed by atoms with Crippen LogP contribution in [0.15, 0.2) is 35.3 Å². The number of hydrogen-bond donors (Lipinski definition) is 1. The number of rotatable bonds is 5. The van der Waals surface area contributed by atoms with Crippen LogP contribution < -0.4 is 16.0 Å². The summed E-state index contributed by atoms with van der Waals surface area (Å²) in [5.41, 5.74) is 9.79. The van der Waals surface area contributed by atoms with Crippen molar-refractivity contribution in [2.24, 2.45) is 0 Å². The number of nitrogens with two attached hydrogens (primary N) is 1. The quantitative estimate of drug-likeness (QED) is 0.860. The molecule has 1 heterocycles. The Labute approximate surface area is 125 Å². The summed E-state index contributed by atoms with van der Waals surface area (Å²) < 4.78 is 7.51. The zero-order chi connectivity index (χ0) is 15.4. The molecule has 2 rings (SSSR count). The molecule has 0 spiro atoms. The molecule has 21 heavy (non-hydrogen) atoms. The van der Waals surface area contributed by atoms with Gasteiger partial charge in [-0.2, -0.15) is 0 Å². The summed E-state index contributed by atoms with van der Waals surface area (Å²) in [5, 5.41) is 0. The number of aromatic nitrogens is 1. The number of anilines is 1. The van der Waals surface area contributed by atoms with Gasteiger partial charge in [-0.05, 0) is 49.9 Å². The van der Waals surface area contributed by atoms with Gasteiger partial charge in [0.2, 0.25) is 0 Å². The molecule has 0 unspecified atom stereocenters. The molecular formula is C17H22N2O2. The van der Waals surface area contributed by atoms with Gasteiger partial charge in [-0.1, -0.05) is 12.1 Å². The summed E-state index contributed by atoms with van der Waals surface area (Å²) >= 11 is 0. The van der Waals surface area contributed by atoms with Gasteiger partial charge in [0.05, 0.1) is 6.61 Å². The Kier molecular flexibility index (Phi) is 4.68. The van der Waals surface area contributed by atoms with Gasteiger partial charge in [-0.25, -0.2) is 0 Å². The van der Waals surface area contributed by atoms with Gasteiger partial charge in [-0.15, -0.1) is 0 Å². The third-order valence-electron chi connectivity index (χ3n) is 3.67. The maximum Gasteiger partial charge on any atom is 0.250 e. The number of nitrogens with zero attached hydrogens (tertiary/aromatic N) is 1. The van der Waals surface area contributed by atoms with Gasteiger partial charge in [0.1, 0.15) is 5.75 Å². The van der Waals surface area contributed by atoms with Crippen LogP contribution in [0.4, 0.5) is 5.69 Å². The van der Waals surface area contributed by atoms with E-state index in [9.17, 15) is 4.79 Å². The minimum absolute atomic E-state index is 0.0351. The summed E-state index contributed by atoms with van der Waals surface area (Å²) in [6.45, 7) is 7.37. The van der Waals surface area contributed by atoms with Crippen LogP contribution in [0.5, 0.6) is 5.75 Å². The minimum atomic E-state index is -0.0351. The van der Waals surface area contributed by atoms with Crippen molar-refractivity contribution in [2.75, 3.05) is 12.3 Å². The van der Waals surface area contributed by atoms with E-state index < -0.39 is 0 Å². The molecule has 0 aliphatic heterocycles. The smallest absolute Gasteiger partial charge is 0.250 e. The van der Waals surface area contributed by atoms with Crippen LogP contribution in [-0.4, -0.2) is 11.2 Å². The van der Waals surface area contributed by atoms with Crippen molar-refractivity contribution in [3.63, 3.8) is 0 Å². The van der Waals surface area contributed by atoms with E-state index in [1.54, 1.807) is 16.8 Å². The summed E-state index contributed by atoms with van der Waals surface area (Å²) in [4.78, 5) is 11.7. The Bertz CT molecular complexity index is 690. The number of pyridine rings is 1. The standard InChI is InChI=1S/C17H22N2O2/c1-12-5-6-13(2)17(14(12)3)21-10-4-9-19-11-15(18)7-8-16(19)20/h5-8,11H,4,9-10,18H2,1-3H3. The number of nitrogen functional groups attached to an aromatic ring is 1. The van der Waals surface area contributed by atoms with Crippen molar-refractivity contribution in [2.45, 2.75) is 33.7 Å². The lowest BCUT2D eigenvalue weighted by Crippen LogP contribution is -2.20. The minimum Gasteiger partial charge on any atom is -0.493 e. The Morgan fingerprint density at radius 2 is 1.81 bits per heavy atom. The second-order valence-corrected chi connectivity index (χ2v) is 5.35. The van der Waals surface area contributed by atoms with Crippen LogP contribution in [0.3, 0.4) is 0 Å². The number of aryl methyl sites for hydroxylation is 3. The monoisotopic (exact) mass is 286 g/mol. The summed E-state index contributed by atoms with van der Waals surface area (Å²) in [5.74, 6) is 0.954. The Balaban J connectivity index is 1.95. The molecule has 2 aromatic rings. The molecule has 0 amide bonds. The van der Waals surface area contributed by atoms with E-state index in [0.29, 0.717) is 18.8 Å². The fraction of sp³-hybridized carbons (Fsp3) is 0.353. The van der Waals surface area contributed by atoms with Crippen LogP contribution in [0.25, 0.3) is 0 Å². The molecule has 0 aliphatic rings. The molecule has 2 N–H and O–H groups in total. The van der Waals surface area contributed by atoms with Gasteiger partial charge in [-0.3, -0.25) is 4.79 Å². The zero-order valence-electron chi connectivity index (χ0n) is 12.8. The highest BCUT2D eigenvalue weighted by atomic mass is 16.5. The lowest BCUT2D eigenvalue weighted by molar-refractivity contribution is 0.297. The molecule has 1 aromatic carbocycles. The average Bonchev–Trinajstić information content (AvgIpc) is 2.46. The van der Waals surface area contributed by atoms with E-state index >= 15 is 0 Å². The molecule has 0 radical (unpaired) electrons. The van der Waals surface area contributed by atoms with E-state index in [1.165, 1.54) is 17.2 Å². The first kappa shape index (κ1) is 15.2. The number of ether oxygens (including phenoxy) is 1. The Hall–Kier alpha value is -2.23. The molecule has 0 fully saturated rings. The SMILES string of the molecule is Cc1ccc(C)c(OCCCn2cc(N)ccc2=O)c1C. The van der Waals surface area contributed by atoms with E-state index in [2.05, 4.69) is 26.0 Å². The molecule has 0 saturated heterocycles. The van der Waals surface area contributed by atoms with Gasteiger partial charge >= 0.3 is 0 Å². The molecule has 1 aromatic heterocycles. The van der Waals surface area contributed by atoms with E-state index in [-0.39, 0.29) is 5.56 Å². The highest BCUT2D eigenvalue weighted by molar-refractivity contribution is 5.44. The summed E-state index contributed by atoms with van der Waals surface area (Å²) in [7, 11) is 0. The second-order valence-electron chi connectivity index (χ2n) is 5.35. The lowest BCUT2D eigenvalue weighted by atomic mass is 10.1. The molecule has 0 saturated carbocycles. The number of benzene rings is 1. The third-order valence-corrected chi connectivity index (χ3v) is 3.67. The number of hydrogen-bond acceptors (Lipinski definition) is 3. The first-order valence-corrected chi connectivity index (χ1v) is 7.14. The van der Waals surface area contributed by atoms with Crippen LogP contribution in [-0.2, 0) is 6.54 Å². The molecule has 112 valence electrons. The molecule has 4 nitrogen and oxygen atoms in total. The topological polar surface area (TPSA) is 57.2 Å². The molecule has 0 atom stereocenters. The normalized spacial score (nSPS) is 10.6. The Morgan fingerprint density at radius 3 is 2.57 bits per heavy atom. The van der Waals surface area contributed by atoms with Crippen molar-refractivity contribution in [3.8, 4) is 5.75 Å². The summed E-state index contributed by atoms with van der Waals surface area (Å²) in [6, 6.07) is 7.28. The first-order chi connectivity index (χ1) is 9.99. The van der Waals surface area contributed by atoms with Gasteiger partial charge in [0, 0.05) is 24.5 Å². The first-order valence-electron chi connectivity index (χ1n) is 7.14. The van der Waals surface area contributed by atoms with Crippen molar-refractivity contribution >= 4 is 5.69 Å². The Morgan fingerprint density at radius 1 is 1.10 bits per heavy atom. The predicted molar refractivity (Wildman–Crippen MR) is 85.9 cm³/mol. The highest BCUT2D eigenvalue weighted by Crippen LogP contribution is 2.25.